The van der Waals surface area contributed by atoms with Crippen LogP contribution in [-0.2, 0) is 13.1 Å². The zero-order chi connectivity index (χ0) is 12.1. The molecule has 0 heterocycles. The summed E-state index contributed by atoms with van der Waals surface area (Å²) in [5, 5.41) is 11.2. The van der Waals surface area contributed by atoms with Gasteiger partial charge in [0.05, 0.1) is 0 Å². The fourth-order valence-corrected chi connectivity index (χ4v) is 1.75. The van der Waals surface area contributed by atoms with Crippen molar-refractivity contribution in [2.75, 3.05) is 0 Å². The molecule has 0 aliphatic heterocycles. The van der Waals surface area contributed by atoms with Crippen molar-refractivity contribution >= 4 is 0 Å². The number of nitrogens with zero attached hydrogens (tertiary/aromatic N) is 1. The van der Waals surface area contributed by atoms with Crippen LogP contribution in [0.2, 0.25) is 0 Å². The first-order valence-corrected chi connectivity index (χ1v) is 5.77. The average molecular weight is 227 g/mol. The van der Waals surface area contributed by atoms with E-state index in [1.54, 1.807) is 0 Å². The van der Waals surface area contributed by atoms with Gasteiger partial charge in [0.15, 0.2) is 0 Å². The lowest BCUT2D eigenvalue weighted by molar-refractivity contribution is -0.108. The van der Waals surface area contributed by atoms with E-state index >= 15 is 0 Å². The van der Waals surface area contributed by atoms with Gasteiger partial charge in [-0.05, 0) is 18.1 Å². The quantitative estimate of drug-likeness (QED) is 0.809. The van der Waals surface area contributed by atoms with Gasteiger partial charge in [-0.2, -0.15) is 5.06 Å². The molecule has 0 aliphatic rings. The number of benzene rings is 2. The first kappa shape index (κ1) is 11.8. The molecule has 0 bridgehead atoms. The van der Waals surface area contributed by atoms with Gasteiger partial charge >= 0.3 is 0 Å². The molecule has 17 heavy (non-hydrogen) atoms. The van der Waals surface area contributed by atoms with Crippen LogP contribution in [0, 0.1) is 6.92 Å². The van der Waals surface area contributed by atoms with Crippen molar-refractivity contribution in [1.29, 1.82) is 0 Å². The van der Waals surface area contributed by atoms with E-state index in [-0.39, 0.29) is 0 Å². The molecule has 2 aromatic rings. The van der Waals surface area contributed by atoms with Gasteiger partial charge < -0.3 is 5.21 Å². The molecule has 88 valence electrons. The van der Waals surface area contributed by atoms with E-state index in [0.717, 1.165) is 11.1 Å². The van der Waals surface area contributed by atoms with Crippen molar-refractivity contribution in [2.45, 2.75) is 20.0 Å². The average Bonchev–Trinajstić information content (AvgIpc) is 2.33. The van der Waals surface area contributed by atoms with Crippen molar-refractivity contribution in [1.82, 2.24) is 5.06 Å². The zero-order valence-corrected chi connectivity index (χ0v) is 10.0. The van der Waals surface area contributed by atoms with E-state index < -0.39 is 0 Å². The lowest BCUT2D eigenvalue weighted by Gasteiger charge is -2.14. The van der Waals surface area contributed by atoms with Gasteiger partial charge in [0.1, 0.15) is 0 Å². The second kappa shape index (κ2) is 5.62. The Kier molecular flexibility index (Phi) is 3.91. The third kappa shape index (κ3) is 3.70. The minimum absolute atomic E-state index is 0.550. The summed E-state index contributed by atoms with van der Waals surface area (Å²) in [5.41, 5.74) is 3.47. The highest BCUT2D eigenvalue weighted by molar-refractivity contribution is 5.21. The number of hydrogen-bond donors (Lipinski definition) is 1. The predicted octanol–water partition coefficient (Wildman–Crippen LogP) is 3.39. The third-order valence-electron chi connectivity index (χ3n) is 2.69. The molecule has 0 fully saturated rings. The van der Waals surface area contributed by atoms with Gasteiger partial charge in [0.2, 0.25) is 0 Å². The van der Waals surface area contributed by atoms with Gasteiger partial charge in [0.25, 0.3) is 0 Å². The number of hydrogen-bond acceptors (Lipinski definition) is 2. The van der Waals surface area contributed by atoms with Crippen molar-refractivity contribution in [3.05, 3.63) is 71.3 Å². The summed E-state index contributed by atoms with van der Waals surface area (Å²) in [6, 6.07) is 18.2. The van der Waals surface area contributed by atoms with Crippen LogP contribution in [0.4, 0.5) is 0 Å². The van der Waals surface area contributed by atoms with Crippen LogP contribution in [-0.4, -0.2) is 10.3 Å². The standard InChI is InChI=1S/C15H17NO/c1-13-7-9-15(10-8-13)12-16(17)11-14-5-3-2-4-6-14/h2-10,17H,11-12H2,1H3. The van der Waals surface area contributed by atoms with Gasteiger partial charge in [-0.15, -0.1) is 0 Å². The molecule has 0 aromatic heterocycles. The fraction of sp³-hybridized carbons (Fsp3) is 0.200. The molecule has 0 unspecified atom stereocenters. The number of hydroxylamine groups is 2. The molecule has 0 spiro atoms. The summed E-state index contributed by atoms with van der Waals surface area (Å²) >= 11 is 0. The van der Waals surface area contributed by atoms with E-state index in [9.17, 15) is 5.21 Å². The highest BCUT2D eigenvalue weighted by atomic mass is 16.5. The lowest BCUT2D eigenvalue weighted by Crippen LogP contribution is -2.17. The smallest absolute Gasteiger partial charge is 0.0492 e. The van der Waals surface area contributed by atoms with Crippen LogP contribution >= 0.6 is 0 Å². The molecule has 2 aromatic carbocycles. The molecule has 0 amide bonds. The fourth-order valence-electron chi connectivity index (χ4n) is 1.75. The summed E-state index contributed by atoms with van der Waals surface area (Å²) in [5.74, 6) is 0. The molecule has 2 rings (SSSR count). The van der Waals surface area contributed by atoms with Gasteiger partial charge in [0, 0.05) is 13.1 Å². The Morgan fingerprint density at radius 2 is 1.35 bits per heavy atom. The Morgan fingerprint density at radius 1 is 0.824 bits per heavy atom. The Bertz CT molecular complexity index is 450. The molecular formula is C15H17NO. The zero-order valence-electron chi connectivity index (χ0n) is 10.0. The molecule has 1 N–H and O–H groups in total. The second-order valence-corrected chi connectivity index (χ2v) is 4.29. The van der Waals surface area contributed by atoms with E-state index in [1.165, 1.54) is 10.6 Å². The molecule has 0 radical (unpaired) electrons. The highest BCUT2D eigenvalue weighted by Gasteiger charge is 2.02. The summed E-state index contributed by atoms with van der Waals surface area (Å²) in [7, 11) is 0. The molecule has 2 heteroatoms. The van der Waals surface area contributed by atoms with E-state index in [0.29, 0.717) is 13.1 Å². The maximum absolute atomic E-state index is 9.86. The highest BCUT2D eigenvalue weighted by Crippen LogP contribution is 2.08. The van der Waals surface area contributed by atoms with Gasteiger partial charge in [-0.3, -0.25) is 0 Å². The van der Waals surface area contributed by atoms with E-state index in [2.05, 4.69) is 19.1 Å². The van der Waals surface area contributed by atoms with Crippen LogP contribution in [0.5, 0.6) is 0 Å². The Balaban J connectivity index is 1.93. The molecular weight excluding hydrogens is 210 g/mol. The summed E-state index contributed by atoms with van der Waals surface area (Å²) in [6.45, 7) is 3.16. The van der Waals surface area contributed by atoms with Crippen LogP contribution in [0.25, 0.3) is 0 Å². The van der Waals surface area contributed by atoms with E-state index in [1.807, 2.05) is 42.5 Å². The number of aryl methyl sites for hydroxylation is 1. The normalized spacial score (nSPS) is 10.8. The minimum atomic E-state index is 0.550. The monoisotopic (exact) mass is 227 g/mol. The van der Waals surface area contributed by atoms with Crippen LogP contribution < -0.4 is 0 Å². The first-order chi connectivity index (χ1) is 8.24. The lowest BCUT2D eigenvalue weighted by atomic mass is 10.1. The van der Waals surface area contributed by atoms with Crippen molar-refractivity contribution < 1.29 is 5.21 Å². The molecule has 0 saturated heterocycles. The number of rotatable bonds is 4. The molecule has 2 nitrogen and oxygen atoms in total. The van der Waals surface area contributed by atoms with Gasteiger partial charge in [-0.25, -0.2) is 0 Å². The van der Waals surface area contributed by atoms with Crippen molar-refractivity contribution in [3.63, 3.8) is 0 Å². The molecule has 0 aliphatic carbocycles. The predicted molar refractivity (Wildman–Crippen MR) is 68.7 cm³/mol. The van der Waals surface area contributed by atoms with Crippen molar-refractivity contribution in [2.24, 2.45) is 0 Å². The SMILES string of the molecule is Cc1ccc(CN(O)Cc2ccccc2)cc1. The maximum atomic E-state index is 9.86. The first-order valence-electron chi connectivity index (χ1n) is 5.77. The summed E-state index contributed by atoms with van der Waals surface area (Å²) in [4.78, 5) is 0. The summed E-state index contributed by atoms with van der Waals surface area (Å²) < 4.78 is 0. The maximum Gasteiger partial charge on any atom is 0.0492 e. The molecule has 0 saturated carbocycles. The minimum Gasteiger partial charge on any atom is -0.313 e. The second-order valence-electron chi connectivity index (χ2n) is 4.29. The van der Waals surface area contributed by atoms with Gasteiger partial charge in [-0.1, -0.05) is 60.2 Å². The summed E-state index contributed by atoms with van der Waals surface area (Å²) in [6.07, 6.45) is 0. The van der Waals surface area contributed by atoms with Crippen LogP contribution in [0.1, 0.15) is 16.7 Å². The van der Waals surface area contributed by atoms with E-state index in [4.69, 9.17) is 0 Å². The van der Waals surface area contributed by atoms with Crippen LogP contribution in [0.3, 0.4) is 0 Å². The van der Waals surface area contributed by atoms with Crippen molar-refractivity contribution in [3.8, 4) is 0 Å². The van der Waals surface area contributed by atoms with Crippen LogP contribution in [0.15, 0.2) is 54.6 Å². The Hall–Kier alpha value is -1.64. The topological polar surface area (TPSA) is 23.5 Å². The largest absolute Gasteiger partial charge is 0.313 e. The third-order valence-corrected chi connectivity index (χ3v) is 2.69. The Labute approximate surface area is 102 Å². The Morgan fingerprint density at radius 3 is 1.94 bits per heavy atom. The molecule has 0 atom stereocenters.